The highest BCUT2D eigenvalue weighted by Gasteiger charge is 2.31. The third-order valence-corrected chi connectivity index (χ3v) is 7.19. The number of nitrogens with zero attached hydrogens (tertiary/aromatic N) is 7. The van der Waals surface area contributed by atoms with Crippen LogP contribution < -0.4 is 10.2 Å². The minimum atomic E-state index is -0.659. The largest absolute Gasteiger partial charge is 0.337 e. The zero-order chi connectivity index (χ0) is 26.1. The number of aryl methyl sites for hydroxylation is 1. The Kier molecular flexibility index (Phi) is 6.42. The summed E-state index contributed by atoms with van der Waals surface area (Å²) in [5.41, 5.74) is 4.16. The molecule has 4 heterocycles. The summed E-state index contributed by atoms with van der Waals surface area (Å²) in [6, 6.07) is 15.5. The molecule has 38 heavy (non-hydrogen) atoms. The Morgan fingerprint density at radius 3 is 2.87 bits per heavy atom. The van der Waals surface area contributed by atoms with Gasteiger partial charge in [0.05, 0.1) is 13.1 Å². The van der Waals surface area contributed by atoms with E-state index in [9.17, 15) is 9.59 Å². The molecule has 0 radical (unpaired) electrons. The van der Waals surface area contributed by atoms with Gasteiger partial charge in [-0.15, -0.1) is 5.10 Å². The smallest absolute Gasteiger partial charge is 0.291 e. The minimum Gasteiger partial charge on any atom is -0.337 e. The van der Waals surface area contributed by atoms with Gasteiger partial charge in [-0.25, -0.2) is 14.6 Å². The number of carbonyl (C=O) groups is 2. The fourth-order valence-electron chi connectivity index (χ4n) is 5.13. The van der Waals surface area contributed by atoms with E-state index in [1.165, 1.54) is 0 Å². The Labute approximate surface area is 219 Å². The van der Waals surface area contributed by atoms with Crippen LogP contribution in [-0.4, -0.2) is 66.3 Å². The van der Waals surface area contributed by atoms with E-state index in [1.807, 2.05) is 35.0 Å². The SMILES string of the molecule is CN1C(=O)[C@H](NC(=O)c2n[nH]c(Cc3ccccc3)n2)CCc2ccc(CN3CCn4ncnc4C3)cc21. The summed E-state index contributed by atoms with van der Waals surface area (Å²) >= 11 is 0. The molecule has 2 N–H and O–H groups in total. The fourth-order valence-corrected chi connectivity index (χ4v) is 5.13. The second kappa shape index (κ2) is 10.2. The van der Waals surface area contributed by atoms with Crippen LogP contribution in [0.4, 0.5) is 5.69 Å². The maximum atomic E-state index is 13.4. The number of anilines is 1. The van der Waals surface area contributed by atoms with E-state index in [2.05, 4.69) is 53.7 Å². The molecule has 4 aromatic rings. The van der Waals surface area contributed by atoms with Crippen LogP contribution >= 0.6 is 0 Å². The molecule has 0 spiro atoms. The van der Waals surface area contributed by atoms with E-state index < -0.39 is 11.9 Å². The van der Waals surface area contributed by atoms with Crippen LogP contribution in [-0.2, 0) is 37.3 Å². The first-order valence-corrected chi connectivity index (χ1v) is 12.8. The number of aromatic nitrogens is 6. The molecule has 11 nitrogen and oxygen atoms in total. The maximum absolute atomic E-state index is 13.4. The standard InChI is InChI=1S/C27H29N9O2/c1-34-22-13-19(15-35-11-12-36-24(16-35)28-17-29-36)7-8-20(22)9-10-21(27(34)38)30-26(37)25-31-23(32-33-25)14-18-5-3-2-4-6-18/h2-8,13,17,21H,9-12,14-16H2,1H3,(H,30,37)(H,31,32,33)/t21-/m1/s1. The van der Waals surface area contributed by atoms with Crippen molar-refractivity contribution in [2.45, 2.75) is 44.9 Å². The number of hydrogen-bond acceptors (Lipinski definition) is 7. The van der Waals surface area contributed by atoms with Crippen LogP contribution in [0.1, 0.15) is 45.4 Å². The molecule has 6 rings (SSSR count). The summed E-state index contributed by atoms with van der Waals surface area (Å²) < 4.78 is 1.94. The van der Waals surface area contributed by atoms with Crippen molar-refractivity contribution in [3.8, 4) is 0 Å². The van der Waals surface area contributed by atoms with Crippen molar-refractivity contribution in [3.05, 3.63) is 89.0 Å². The van der Waals surface area contributed by atoms with E-state index in [0.29, 0.717) is 25.1 Å². The minimum absolute atomic E-state index is 0.0350. The summed E-state index contributed by atoms with van der Waals surface area (Å²) in [7, 11) is 1.77. The number of nitrogens with one attached hydrogen (secondary N) is 2. The monoisotopic (exact) mass is 511 g/mol. The molecule has 2 aliphatic heterocycles. The third kappa shape index (κ3) is 4.92. The first-order chi connectivity index (χ1) is 18.5. The van der Waals surface area contributed by atoms with Crippen LogP contribution in [0.15, 0.2) is 54.9 Å². The van der Waals surface area contributed by atoms with Crippen LogP contribution in [0, 0.1) is 0 Å². The van der Waals surface area contributed by atoms with E-state index in [1.54, 1.807) is 18.3 Å². The molecule has 2 aromatic heterocycles. The molecule has 0 unspecified atom stereocenters. The van der Waals surface area contributed by atoms with Crippen molar-refractivity contribution in [1.82, 2.24) is 40.2 Å². The number of benzene rings is 2. The van der Waals surface area contributed by atoms with Crippen molar-refractivity contribution in [1.29, 1.82) is 0 Å². The van der Waals surface area contributed by atoms with Crippen molar-refractivity contribution >= 4 is 17.5 Å². The summed E-state index contributed by atoms with van der Waals surface area (Å²) in [6.45, 7) is 3.22. The molecule has 2 aromatic carbocycles. The highest BCUT2D eigenvalue weighted by Crippen LogP contribution is 2.28. The molecule has 2 amide bonds. The van der Waals surface area contributed by atoms with Gasteiger partial charge in [0.15, 0.2) is 0 Å². The number of likely N-dealkylation sites (N-methyl/N-ethyl adjacent to an activating group) is 1. The third-order valence-electron chi connectivity index (χ3n) is 7.19. The van der Waals surface area contributed by atoms with E-state index in [-0.39, 0.29) is 11.7 Å². The van der Waals surface area contributed by atoms with Gasteiger partial charge in [-0.2, -0.15) is 5.10 Å². The molecule has 1 atom stereocenters. The highest BCUT2D eigenvalue weighted by molar-refractivity contribution is 6.02. The van der Waals surface area contributed by atoms with E-state index in [4.69, 9.17) is 0 Å². The summed E-state index contributed by atoms with van der Waals surface area (Å²) in [5, 5.41) is 14.0. The van der Waals surface area contributed by atoms with Gasteiger partial charge >= 0.3 is 0 Å². The van der Waals surface area contributed by atoms with Crippen molar-refractivity contribution < 1.29 is 9.59 Å². The Bertz CT molecular complexity index is 1460. The lowest BCUT2D eigenvalue weighted by Crippen LogP contribution is -2.47. The van der Waals surface area contributed by atoms with E-state index in [0.717, 1.165) is 54.4 Å². The van der Waals surface area contributed by atoms with Crippen LogP contribution in [0.2, 0.25) is 0 Å². The Morgan fingerprint density at radius 1 is 1.13 bits per heavy atom. The highest BCUT2D eigenvalue weighted by atomic mass is 16.2. The van der Waals surface area contributed by atoms with Gasteiger partial charge in [0.25, 0.3) is 5.91 Å². The average molecular weight is 512 g/mol. The van der Waals surface area contributed by atoms with Crippen LogP contribution in [0.3, 0.4) is 0 Å². The van der Waals surface area contributed by atoms with Crippen molar-refractivity contribution in [2.24, 2.45) is 0 Å². The number of H-pyrrole nitrogens is 1. The predicted octanol–water partition coefficient (Wildman–Crippen LogP) is 1.71. The lowest BCUT2D eigenvalue weighted by atomic mass is 10.0. The molecule has 194 valence electrons. The molecule has 2 aliphatic rings. The topological polar surface area (TPSA) is 125 Å². The van der Waals surface area contributed by atoms with Crippen molar-refractivity contribution in [2.75, 3.05) is 18.5 Å². The summed E-state index contributed by atoms with van der Waals surface area (Å²) in [5.74, 6) is 0.986. The molecule has 11 heteroatoms. The Hall–Kier alpha value is -4.38. The summed E-state index contributed by atoms with van der Waals surface area (Å²) in [4.78, 5) is 38.9. The van der Waals surface area contributed by atoms with Gasteiger partial charge in [0.1, 0.15) is 24.0 Å². The van der Waals surface area contributed by atoms with Gasteiger partial charge in [-0.1, -0.05) is 42.5 Å². The number of fused-ring (bicyclic) bond motifs is 2. The Morgan fingerprint density at radius 2 is 2.00 bits per heavy atom. The first-order valence-electron chi connectivity index (χ1n) is 12.8. The molecule has 0 saturated carbocycles. The van der Waals surface area contributed by atoms with E-state index >= 15 is 0 Å². The molecular formula is C27H29N9O2. The second-order valence-corrected chi connectivity index (χ2v) is 9.80. The molecule has 0 aliphatic carbocycles. The van der Waals surface area contributed by atoms with Gasteiger partial charge in [0, 0.05) is 32.2 Å². The van der Waals surface area contributed by atoms with Gasteiger partial charge in [-0.3, -0.25) is 19.6 Å². The molecule has 0 fully saturated rings. The summed E-state index contributed by atoms with van der Waals surface area (Å²) in [6.07, 6.45) is 3.32. The molecule has 0 bridgehead atoms. The molecular weight excluding hydrogens is 482 g/mol. The van der Waals surface area contributed by atoms with Gasteiger partial charge < -0.3 is 10.2 Å². The zero-order valence-corrected chi connectivity index (χ0v) is 21.2. The maximum Gasteiger partial charge on any atom is 0.291 e. The number of rotatable bonds is 6. The predicted molar refractivity (Wildman–Crippen MR) is 139 cm³/mol. The lowest BCUT2D eigenvalue weighted by molar-refractivity contribution is -0.120. The van der Waals surface area contributed by atoms with Crippen LogP contribution in [0.5, 0.6) is 0 Å². The fraction of sp³-hybridized carbons (Fsp3) is 0.333. The second-order valence-electron chi connectivity index (χ2n) is 9.80. The average Bonchev–Trinajstić information content (AvgIpc) is 3.58. The van der Waals surface area contributed by atoms with Gasteiger partial charge in [0.2, 0.25) is 11.7 Å². The Balaban J connectivity index is 1.11. The first kappa shape index (κ1) is 24.0. The molecule has 0 saturated heterocycles. The number of amides is 2. The van der Waals surface area contributed by atoms with Crippen LogP contribution in [0.25, 0.3) is 0 Å². The van der Waals surface area contributed by atoms with Gasteiger partial charge in [-0.05, 0) is 35.6 Å². The number of hydrogen-bond donors (Lipinski definition) is 2. The van der Waals surface area contributed by atoms with Crippen molar-refractivity contribution in [3.63, 3.8) is 0 Å². The normalized spacial score (nSPS) is 17.6. The number of carbonyl (C=O) groups excluding carboxylic acids is 2. The number of aromatic amines is 1. The quantitative estimate of drug-likeness (QED) is 0.404. The lowest BCUT2D eigenvalue weighted by Gasteiger charge is -2.27. The zero-order valence-electron chi connectivity index (χ0n) is 21.2.